The highest BCUT2D eigenvalue weighted by Gasteiger charge is 2.65. The molecule has 9 unspecified atom stereocenters. The van der Waals surface area contributed by atoms with E-state index in [1.807, 2.05) is 0 Å². The second-order valence-electron chi connectivity index (χ2n) is 13.3. The maximum atomic E-state index is 13.2. The van der Waals surface area contributed by atoms with E-state index in [-0.39, 0.29) is 17.2 Å². The van der Waals surface area contributed by atoms with Gasteiger partial charge in [-0.15, -0.1) is 0 Å². The molecule has 0 aliphatic carbocycles. The Morgan fingerprint density at radius 1 is 0.581 bits per heavy atom. The van der Waals surface area contributed by atoms with Crippen LogP contribution in [0.15, 0.2) is 18.2 Å². The van der Waals surface area contributed by atoms with Gasteiger partial charge in [0.25, 0.3) is 0 Å². The zero-order chi connectivity index (χ0) is 46.5. The van der Waals surface area contributed by atoms with Crippen LogP contribution in [0.1, 0.15) is 61.0 Å². The van der Waals surface area contributed by atoms with Crippen molar-refractivity contribution in [3.8, 4) is 17.2 Å². The van der Waals surface area contributed by atoms with Crippen LogP contribution in [-0.4, -0.2) is 143 Å². The molecule has 2 aliphatic heterocycles. The number of carbonyl (C=O) groups excluding carboxylic acids is 9. The SMILES string of the molecule is COc1cc(C=CC(=O)OCC2OC(OC3(COC(C)=O)OC(COC(C)=O)C(OC(C)=O)C3OC(C)=O)C(OC(C)=O)C(OC(C)=O)C2OC(C)=O)cc(OC)c1OC(C)=O. The fraction of sp³-hybridized carbons (Fsp3) is 0.564. The smallest absolute Gasteiger partial charge is 0.330 e. The van der Waals surface area contributed by atoms with Crippen LogP contribution in [0.3, 0.4) is 0 Å². The molecule has 3 rings (SSSR count). The first kappa shape index (κ1) is 50.0. The highest BCUT2D eigenvalue weighted by molar-refractivity contribution is 5.87. The van der Waals surface area contributed by atoms with E-state index in [1.54, 1.807) is 0 Å². The van der Waals surface area contributed by atoms with Gasteiger partial charge in [-0.2, -0.15) is 0 Å². The molecule has 1 aromatic rings. The van der Waals surface area contributed by atoms with E-state index in [0.717, 1.165) is 54.5 Å². The molecule has 0 saturated carbocycles. The minimum atomic E-state index is -2.57. The minimum absolute atomic E-state index is 0.0158. The largest absolute Gasteiger partial charge is 0.493 e. The summed E-state index contributed by atoms with van der Waals surface area (Å²) >= 11 is 0. The summed E-state index contributed by atoms with van der Waals surface area (Å²) in [4.78, 5) is 111. The lowest BCUT2D eigenvalue weighted by Gasteiger charge is -2.46. The van der Waals surface area contributed by atoms with Crippen molar-refractivity contribution >= 4 is 59.8 Å². The zero-order valence-electron chi connectivity index (χ0n) is 35.4. The Balaban J connectivity index is 2.14. The Kier molecular flexibility index (Phi) is 18.2. The Morgan fingerprint density at radius 2 is 1.08 bits per heavy atom. The predicted octanol–water partition coefficient (Wildman–Crippen LogP) is 0.807. The average Bonchev–Trinajstić information content (AvgIpc) is 3.43. The molecule has 0 spiro atoms. The Morgan fingerprint density at radius 3 is 1.58 bits per heavy atom. The molecule has 23 heteroatoms. The molecule has 0 N–H and O–H groups in total. The van der Waals surface area contributed by atoms with Crippen LogP contribution in [0.25, 0.3) is 6.08 Å². The van der Waals surface area contributed by atoms with Gasteiger partial charge < -0.3 is 66.3 Å². The number of methoxy groups -OCH3 is 2. The maximum absolute atomic E-state index is 13.2. The number of esters is 9. The highest BCUT2D eigenvalue weighted by Crippen LogP contribution is 2.42. The van der Waals surface area contributed by atoms with Crippen LogP contribution in [-0.2, 0) is 95.3 Å². The first-order valence-corrected chi connectivity index (χ1v) is 18.5. The van der Waals surface area contributed by atoms with Gasteiger partial charge >= 0.3 is 53.7 Å². The fourth-order valence-electron chi connectivity index (χ4n) is 6.17. The number of hydrogen-bond donors (Lipinski definition) is 0. The second kappa shape index (κ2) is 22.5. The van der Waals surface area contributed by atoms with Gasteiger partial charge in [0.1, 0.15) is 32.0 Å². The first-order chi connectivity index (χ1) is 29.1. The van der Waals surface area contributed by atoms with Crippen LogP contribution in [0.5, 0.6) is 17.2 Å². The monoisotopic (exact) mass is 884 g/mol. The van der Waals surface area contributed by atoms with Crippen molar-refractivity contribution in [1.29, 1.82) is 0 Å². The van der Waals surface area contributed by atoms with Crippen LogP contribution in [0, 0.1) is 0 Å². The van der Waals surface area contributed by atoms with Crippen molar-refractivity contribution in [3.63, 3.8) is 0 Å². The summed E-state index contributed by atoms with van der Waals surface area (Å²) in [5, 5.41) is 0. The van der Waals surface area contributed by atoms with Crippen molar-refractivity contribution in [2.75, 3.05) is 34.0 Å². The zero-order valence-corrected chi connectivity index (χ0v) is 35.4. The molecule has 0 aromatic heterocycles. The Labute approximate surface area is 354 Å². The van der Waals surface area contributed by atoms with Crippen molar-refractivity contribution in [3.05, 3.63) is 23.8 Å². The molecule has 2 heterocycles. The van der Waals surface area contributed by atoms with Crippen LogP contribution in [0.4, 0.5) is 0 Å². The molecule has 342 valence electrons. The second-order valence-corrected chi connectivity index (χ2v) is 13.3. The van der Waals surface area contributed by atoms with E-state index in [2.05, 4.69) is 0 Å². The van der Waals surface area contributed by atoms with E-state index in [0.29, 0.717) is 5.56 Å². The Hall–Kier alpha value is -6.33. The lowest BCUT2D eigenvalue weighted by Crippen LogP contribution is -2.65. The highest BCUT2D eigenvalue weighted by atomic mass is 16.8. The fourth-order valence-corrected chi connectivity index (χ4v) is 6.17. The summed E-state index contributed by atoms with van der Waals surface area (Å²) in [5.74, 6) is -10.7. The van der Waals surface area contributed by atoms with Crippen molar-refractivity contribution in [2.45, 2.75) is 110 Å². The molecule has 1 aromatic carbocycles. The third kappa shape index (κ3) is 14.1. The normalized spacial score (nSPS) is 25.3. The van der Waals surface area contributed by atoms with Crippen LogP contribution in [0.2, 0.25) is 0 Å². The number of rotatable bonds is 18. The molecular weight excluding hydrogens is 836 g/mol. The van der Waals surface area contributed by atoms with Gasteiger partial charge in [-0.05, 0) is 23.8 Å². The lowest BCUT2D eigenvalue weighted by atomic mass is 9.97. The number of hydrogen-bond acceptors (Lipinski definition) is 23. The molecule has 2 aliphatic rings. The van der Waals surface area contributed by atoms with Gasteiger partial charge in [0.15, 0.2) is 42.0 Å². The summed E-state index contributed by atoms with van der Waals surface area (Å²) < 4.78 is 77.6. The van der Waals surface area contributed by atoms with Gasteiger partial charge in [0.2, 0.25) is 17.8 Å². The summed E-state index contributed by atoms with van der Waals surface area (Å²) in [5.41, 5.74) is 0.321. The molecule has 2 saturated heterocycles. The van der Waals surface area contributed by atoms with Gasteiger partial charge in [-0.1, -0.05) is 0 Å². The van der Waals surface area contributed by atoms with E-state index in [9.17, 15) is 43.2 Å². The quantitative estimate of drug-likeness (QED) is 0.0853. The molecule has 0 radical (unpaired) electrons. The number of carbonyl (C=O) groups is 9. The third-order valence-electron chi connectivity index (χ3n) is 8.32. The van der Waals surface area contributed by atoms with Gasteiger partial charge in [-0.3, -0.25) is 38.4 Å². The van der Waals surface area contributed by atoms with Gasteiger partial charge in [0.05, 0.1) is 14.2 Å². The maximum Gasteiger partial charge on any atom is 0.330 e. The Bertz CT molecular complexity index is 1860. The summed E-state index contributed by atoms with van der Waals surface area (Å²) in [6, 6.07) is 2.85. The third-order valence-corrected chi connectivity index (χ3v) is 8.32. The minimum Gasteiger partial charge on any atom is -0.493 e. The van der Waals surface area contributed by atoms with Crippen molar-refractivity contribution in [2.24, 2.45) is 0 Å². The van der Waals surface area contributed by atoms with Crippen molar-refractivity contribution in [1.82, 2.24) is 0 Å². The standard InChI is InChI=1S/C39H48O23/c1-18(40)51-16-30-34(56-22(5)44)37(59-25(8)47)39(61-30,17-53-19(2)41)62-38-36(58-24(7)46)35(57-23(6)45)33(55-21(4)43)29(60-38)15-52-31(48)12-11-26-13-27(49-9)32(54-20(3)42)28(14-26)50-10/h11-14,29-30,33-38H,15-17H2,1-10H3. The van der Waals surface area contributed by atoms with Gasteiger partial charge in [-0.25, -0.2) is 4.79 Å². The molecule has 0 amide bonds. The molecule has 62 heavy (non-hydrogen) atoms. The predicted molar refractivity (Wildman–Crippen MR) is 199 cm³/mol. The first-order valence-electron chi connectivity index (χ1n) is 18.5. The molecule has 0 bridgehead atoms. The molecule has 2 fully saturated rings. The summed E-state index contributed by atoms with van der Waals surface area (Å²) in [6.45, 7) is 5.79. The van der Waals surface area contributed by atoms with Crippen LogP contribution >= 0.6 is 0 Å². The van der Waals surface area contributed by atoms with E-state index < -0.39 is 128 Å². The van der Waals surface area contributed by atoms with E-state index in [4.69, 9.17) is 66.3 Å². The molecule has 9 atom stereocenters. The molecular formula is C39H48O23. The van der Waals surface area contributed by atoms with Crippen molar-refractivity contribution < 1.29 is 109 Å². The van der Waals surface area contributed by atoms with E-state index >= 15 is 0 Å². The summed E-state index contributed by atoms with van der Waals surface area (Å²) in [6.07, 6.45) is -11.8. The topological polar surface area (TPSA) is 283 Å². The lowest BCUT2D eigenvalue weighted by molar-refractivity contribution is -0.384. The summed E-state index contributed by atoms with van der Waals surface area (Å²) in [7, 11) is 2.62. The van der Waals surface area contributed by atoms with Crippen LogP contribution < -0.4 is 14.2 Å². The van der Waals surface area contributed by atoms with E-state index in [1.165, 1.54) is 39.4 Å². The molecule has 23 nitrogen and oxygen atoms in total. The van der Waals surface area contributed by atoms with Gasteiger partial charge in [0, 0.05) is 61.5 Å². The average molecular weight is 885 g/mol. The number of benzene rings is 1. The number of ether oxygens (including phenoxy) is 14.